The van der Waals surface area contributed by atoms with Crippen LogP contribution in [0.2, 0.25) is 0 Å². The van der Waals surface area contributed by atoms with E-state index in [0.29, 0.717) is 33.8 Å². The highest BCUT2D eigenvalue weighted by atomic mass is 19.1. The number of nitrogens with one attached hydrogen (secondary N) is 1. The molecule has 3 aromatic heterocycles. The van der Waals surface area contributed by atoms with Crippen molar-refractivity contribution in [3.05, 3.63) is 123 Å². The second kappa shape index (κ2) is 13.0. The molecule has 1 aromatic carbocycles. The number of aliphatic hydroxyl groups is 1. The van der Waals surface area contributed by atoms with Gasteiger partial charge in [-0.25, -0.2) is 9.37 Å². The number of hydrogen-bond donors (Lipinski definition) is 2. The number of rotatable bonds is 10. The third-order valence-electron chi connectivity index (χ3n) is 8.74. The maximum absolute atomic E-state index is 15.3. The number of aliphatic hydroxyl groups excluding tert-OH is 1. The van der Waals surface area contributed by atoms with Crippen molar-refractivity contribution in [2.45, 2.75) is 44.9 Å². The smallest absolute Gasteiger partial charge is 0.274 e. The van der Waals surface area contributed by atoms with Crippen molar-refractivity contribution < 1.29 is 14.3 Å². The van der Waals surface area contributed by atoms with Gasteiger partial charge in [0.15, 0.2) is 0 Å². The molecule has 1 saturated carbocycles. The minimum Gasteiger partial charge on any atom is -0.392 e. The van der Waals surface area contributed by atoms with Gasteiger partial charge in [0, 0.05) is 50.9 Å². The summed E-state index contributed by atoms with van der Waals surface area (Å²) in [6.07, 6.45) is 10.1. The normalized spacial score (nSPS) is 14.2. The van der Waals surface area contributed by atoms with Gasteiger partial charge in [0.2, 0.25) is 5.91 Å². The highest BCUT2D eigenvalue weighted by Gasteiger charge is 2.31. The summed E-state index contributed by atoms with van der Waals surface area (Å²) in [4.78, 5) is 45.6. The lowest BCUT2D eigenvalue weighted by molar-refractivity contribution is -0.133. The van der Waals surface area contributed by atoms with E-state index < -0.39 is 23.4 Å². The number of carbonyl (C=O) groups excluding carboxylic acids is 1. The van der Waals surface area contributed by atoms with Gasteiger partial charge >= 0.3 is 0 Å². The number of fused-ring (bicyclic) bond motifs is 1. The molecule has 5 rings (SSSR count). The van der Waals surface area contributed by atoms with Crippen LogP contribution in [0.5, 0.6) is 0 Å². The van der Waals surface area contributed by atoms with E-state index in [1.54, 1.807) is 77.0 Å². The fraction of sp³-hybridized carbons (Fsp3) is 0.297. The molecule has 0 spiro atoms. The summed E-state index contributed by atoms with van der Waals surface area (Å²) >= 11 is 0. The Morgan fingerprint density at radius 3 is 2.47 bits per heavy atom. The molecule has 0 unspecified atom stereocenters. The molecule has 244 valence electrons. The molecule has 1 aliphatic carbocycles. The first-order valence-corrected chi connectivity index (χ1v) is 15.5. The summed E-state index contributed by atoms with van der Waals surface area (Å²) in [6.45, 7) is 8.88. The lowest BCUT2D eigenvalue weighted by Gasteiger charge is -2.27. The van der Waals surface area contributed by atoms with Crippen molar-refractivity contribution in [2.24, 2.45) is 7.05 Å². The van der Waals surface area contributed by atoms with Gasteiger partial charge < -0.3 is 19.9 Å². The highest BCUT2D eigenvalue weighted by molar-refractivity contribution is 5.90. The highest BCUT2D eigenvalue weighted by Crippen LogP contribution is 2.41. The standard InChI is InChI=1S/C37H40FN5O4/c1-8-27(28(21-44)31(9-2)43-15-14-23-16-24(22-10-11-22)17-29(38)33(23)35(43)46)25-18-30(34(45)42(7)20-25)40-32-13-12-26(19-39-32)37(3,4)36(47)41(5)6/h8-9,12-20,22,44H,2,10-11,21H2,1,3-7H3,(H,39,40)/b27-8-,31-28+. The van der Waals surface area contributed by atoms with Crippen LogP contribution in [0.4, 0.5) is 15.9 Å². The van der Waals surface area contributed by atoms with Crippen LogP contribution in [0.3, 0.4) is 0 Å². The maximum Gasteiger partial charge on any atom is 0.274 e. The first-order valence-electron chi connectivity index (χ1n) is 15.5. The largest absolute Gasteiger partial charge is 0.392 e. The molecule has 0 saturated heterocycles. The molecule has 1 amide bonds. The zero-order valence-corrected chi connectivity index (χ0v) is 27.6. The van der Waals surface area contributed by atoms with Gasteiger partial charge in [-0.2, -0.15) is 0 Å². The second-order valence-corrected chi connectivity index (χ2v) is 12.6. The molecule has 4 aromatic rings. The second-order valence-electron chi connectivity index (χ2n) is 12.6. The average Bonchev–Trinajstić information content (AvgIpc) is 3.89. The van der Waals surface area contributed by atoms with Crippen LogP contribution in [0, 0.1) is 5.82 Å². The average molecular weight is 638 g/mol. The summed E-state index contributed by atoms with van der Waals surface area (Å²) < 4.78 is 18.0. The van der Waals surface area contributed by atoms with Gasteiger partial charge in [0.25, 0.3) is 11.1 Å². The van der Waals surface area contributed by atoms with Crippen molar-refractivity contribution in [3.8, 4) is 0 Å². The number of carbonyl (C=O) groups is 1. The topological polar surface area (TPSA) is 109 Å². The molecular formula is C37H40FN5O4. The number of nitrogens with zero attached hydrogens (tertiary/aromatic N) is 4. The van der Waals surface area contributed by atoms with Crippen molar-refractivity contribution in [3.63, 3.8) is 0 Å². The van der Waals surface area contributed by atoms with Gasteiger partial charge in [0.05, 0.1) is 23.1 Å². The lowest BCUT2D eigenvalue weighted by atomic mass is 9.84. The summed E-state index contributed by atoms with van der Waals surface area (Å²) in [6, 6.07) is 10.2. The Kier molecular flexibility index (Phi) is 9.18. The van der Waals surface area contributed by atoms with Crippen LogP contribution in [0.25, 0.3) is 22.0 Å². The van der Waals surface area contributed by atoms with E-state index in [2.05, 4.69) is 16.9 Å². The third-order valence-corrected chi connectivity index (χ3v) is 8.74. The number of hydrogen-bond acceptors (Lipinski definition) is 6. The number of allylic oxidation sites excluding steroid dienone is 3. The predicted octanol–water partition coefficient (Wildman–Crippen LogP) is 5.71. The van der Waals surface area contributed by atoms with E-state index in [1.807, 2.05) is 19.9 Å². The minimum atomic E-state index is -0.792. The Labute approximate surface area is 273 Å². The zero-order valence-electron chi connectivity index (χ0n) is 27.6. The summed E-state index contributed by atoms with van der Waals surface area (Å²) in [5.41, 5.74) is 1.94. The van der Waals surface area contributed by atoms with Crippen LogP contribution in [-0.4, -0.2) is 50.7 Å². The summed E-state index contributed by atoms with van der Waals surface area (Å²) in [5.74, 6) is 0.0936. The van der Waals surface area contributed by atoms with E-state index in [0.717, 1.165) is 24.0 Å². The van der Waals surface area contributed by atoms with Gasteiger partial charge in [-0.15, -0.1) is 0 Å². The SMILES string of the molecule is C=C/C(=C(CO)\C(=C/C)c1cc(Nc2ccc(C(C)(C)C(=O)N(C)C)cn2)c(=O)n(C)c1)n1ccc2cc(C3CC3)cc(F)c2c1=O. The fourth-order valence-corrected chi connectivity index (χ4v) is 5.98. The predicted molar refractivity (Wildman–Crippen MR) is 185 cm³/mol. The Morgan fingerprint density at radius 1 is 1.17 bits per heavy atom. The molecule has 9 nitrogen and oxygen atoms in total. The number of benzene rings is 1. The van der Waals surface area contributed by atoms with Crippen molar-refractivity contribution in [1.82, 2.24) is 19.0 Å². The van der Waals surface area contributed by atoms with Gasteiger partial charge in [-0.1, -0.05) is 24.8 Å². The molecule has 0 bridgehead atoms. The van der Waals surface area contributed by atoms with Crippen LogP contribution >= 0.6 is 0 Å². The minimum absolute atomic E-state index is 0.0304. The molecule has 0 radical (unpaired) electrons. The molecule has 2 N–H and O–H groups in total. The van der Waals surface area contributed by atoms with Crippen LogP contribution < -0.4 is 16.4 Å². The van der Waals surface area contributed by atoms with Gasteiger partial charge in [-0.05, 0) is 92.0 Å². The molecule has 1 fully saturated rings. The first kappa shape index (κ1) is 33.3. The Bertz CT molecular complexity index is 2070. The quantitative estimate of drug-likeness (QED) is 0.216. The Balaban J connectivity index is 1.54. The zero-order chi connectivity index (χ0) is 34.2. The Hall–Kier alpha value is -5.09. The van der Waals surface area contributed by atoms with Crippen molar-refractivity contribution in [1.29, 1.82) is 0 Å². The van der Waals surface area contributed by atoms with Crippen LogP contribution in [0.1, 0.15) is 56.2 Å². The van der Waals surface area contributed by atoms with Crippen molar-refractivity contribution >= 4 is 39.5 Å². The fourth-order valence-electron chi connectivity index (χ4n) is 5.98. The number of aromatic nitrogens is 3. The monoisotopic (exact) mass is 637 g/mol. The number of likely N-dealkylation sites (N-methyl/N-ethyl adjacent to an activating group) is 1. The maximum atomic E-state index is 15.3. The van der Waals surface area contributed by atoms with E-state index in [-0.39, 0.29) is 28.2 Å². The molecule has 3 heterocycles. The molecular weight excluding hydrogens is 597 g/mol. The number of anilines is 2. The summed E-state index contributed by atoms with van der Waals surface area (Å²) in [7, 11) is 5.02. The molecule has 0 atom stereocenters. The van der Waals surface area contributed by atoms with Gasteiger partial charge in [-0.3, -0.25) is 19.0 Å². The number of amides is 1. The molecule has 0 aliphatic heterocycles. The molecule has 1 aliphatic rings. The van der Waals surface area contributed by atoms with Crippen LogP contribution in [0.15, 0.2) is 88.9 Å². The number of aryl methyl sites for hydroxylation is 1. The Morgan fingerprint density at radius 2 is 1.89 bits per heavy atom. The lowest BCUT2D eigenvalue weighted by Crippen LogP contribution is -2.39. The molecule has 10 heteroatoms. The van der Waals surface area contributed by atoms with E-state index in [1.165, 1.54) is 26.2 Å². The van der Waals surface area contributed by atoms with Crippen molar-refractivity contribution in [2.75, 3.05) is 26.0 Å². The number of pyridine rings is 3. The number of halogens is 1. The molecule has 47 heavy (non-hydrogen) atoms. The van der Waals surface area contributed by atoms with Gasteiger partial charge in [0.1, 0.15) is 17.3 Å². The van der Waals surface area contributed by atoms with Crippen LogP contribution in [-0.2, 0) is 17.3 Å². The van der Waals surface area contributed by atoms with E-state index in [4.69, 9.17) is 0 Å². The van der Waals surface area contributed by atoms with E-state index >= 15 is 4.39 Å². The first-order chi connectivity index (χ1) is 22.3. The summed E-state index contributed by atoms with van der Waals surface area (Å²) in [5, 5.41) is 14.2. The third kappa shape index (κ3) is 6.33. The van der Waals surface area contributed by atoms with E-state index in [9.17, 15) is 19.5 Å².